The van der Waals surface area contributed by atoms with E-state index in [9.17, 15) is 4.79 Å². The molecule has 1 aromatic rings. The van der Waals surface area contributed by atoms with Gasteiger partial charge < -0.3 is 5.32 Å². The Hall–Kier alpha value is -0.960. The summed E-state index contributed by atoms with van der Waals surface area (Å²) in [7, 11) is 0. The maximum absolute atomic E-state index is 12.1. The highest BCUT2D eigenvalue weighted by molar-refractivity contribution is 8.00. The molecule has 3 rings (SSSR count). The number of rotatable bonds is 4. The first-order chi connectivity index (χ1) is 9.81. The van der Waals surface area contributed by atoms with Crippen LogP contribution in [0.4, 0.5) is 5.69 Å². The Labute approximate surface area is 125 Å². The monoisotopic (exact) mass is 289 g/mol. The van der Waals surface area contributed by atoms with Crippen LogP contribution >= 0.6 is 11.8 Å². The van der Waals surface area contributed by atoms with Crippen molar-refractivity contribution in [2.45, 2.75) is 61.5 Å². The van der Waals surface area contributed by atoms with Crippen molar-refractivity contribution in [1.29, 1.82) is 0 Å². The Morgan fingerprint density at radius 3 is 2.20 bits per heavy atom. The molecule has 0 aliphatic heterocycles. The maximum Gasteiger partial charge on any atom is 0.227 e. The Morgan fingerprint density at radius 1 is 0.950 bits per heavy atom. The summed E-state index contributed by atoms with van der Waals surface area (Å²) in [4.78, 5) is 13.4. The van der Waals surface area contributed by atoms with Gasteiger partial charge in [0.15, 0.2) is 0 Å². The number of hydrogen-bond donors (Lipinski definition) is 1. The smallest absolute Gasteiger partial charge is 0.227 e. The van der Waals surface area contributed by atoms with Gasteiger partial charge in [-0.2, -0.15) is 0 Å². The molecule has 0 atom stereocenters. The molecule has 0 heterocycles. The Kier molecular flexibility index (Phi) is 4.66. The second-order valence-corrected chi connectivity index (χ2v) is 7.39. The molecule has 2 fully saturated rings. The van der Waals surface area contributed by atoms with Crippen LogP contribution in [0.5, 0.6) is 0 Å². The van der Waals surface area contributed by atoms with Gasteiger partial charge in [-0.3, -0.25) is 4.79 Å². The van der Waals surface area contributed by atoms with E-state index in [1.807, 2.05) is 23.9 Å². The number of amides is 1. The molecule has 2 nitrogen and oxygen atoms in total. The fraction of sp³-hybridized carbons (Fsp3) is 0.588. The Morgan fingerprint density at radius 2 is 1.55 bits per heavy atom. The fourth-order valence-electron chi connectivity index (χ4n) is 3.25. The second kappa shape index (κ2) is 6.66. The van der Waals surface area contributed by atoms with Gasteiger partial charge >= 0.3 is 0 Å². The Balaban J connectivity index is 1.53. The quantitative estimate of drug-likeness (QED) is 0.858. The van der Waals surface area contributed by atoms with Gasteiger partial charge in [0.2, 0.25) is 5.91 Å². The van der Waals surface area contributed by atoms with Gasteiger partial charge in [0, 0.05) is 21.8 Å². The number of benzene rings is 1. The molecule has 0 radical (unpaired) electrons. The van der Waals surface area contributed by atoms with Crippen molar-refractivity contribution < 1.29 is 4.79 Å². The molecule has 1 N–H and O–H groups in total. The van der Waals surface area contributed by atoms with Gasteiger partial charge in [0.1, 0.15) is 0 Å². The molecule has 1 aromatic carbocycles. The van der Waals surface area contributed by atoms with E-state index in [-0.39, 0.29) is 11.8 Å². The highest BCUT2D eigenvalue weighted by Gasteiger charge is 2.22. The molecular weight excluding hydrogens is 266 g/mol. The molecule has 108 valence electrons. The summed E-state index contributed by atoms with van der Waals surface area (Å²) in [6, 6.07) is 8.38. The molecule has 2 aliphatic rings. The molecule has 2 saturated carbocycles. The molecular formula is C17H23NOS. The molecule has 2 aliphatic carbocycles. The third kappa shape index (κ3) is 3.57. The summed E-state index contributed by atoms with van der Waals surface area (Å²) < 4.78 is 0. The maximum atomic E-state index is 12.1. The van der Waals surface area contributed by atoms with E-state index in [1.165, 1.54) is 43.4 Å². The van der Waals surface area contributed by atoms with Crippen molar-refractivity contribution in [2.75, 3.05) is 5.32 Å². The number of hydrogen-bond acceptors (Lipinski definition) is 2. The fourth-order valence-corrected chi connectivity index (χ4v) is 4.49. The lowest BCUT2D eigenvalue weighted by Crippen LogP contribution is -2.20. The first-order valence-corrected chi connectivity index (χ1v) is 8.77. The zero-order valence-electron chi connectivity index (χ0n) is 11.9. The highest BCUT2D eigenvalue weighted by atomic mass is 32.2. The van der Waals surface area contributed by atoms with Crippen LogP contribution in [0.15, 0.2) is 29.2 Å². The third-order valence-electron chi connectivity index (χ3n) is 4.45. The van der Waals surface area contributed by atoms with Crippen molar-refractivity contribution >= 4 is 23.4 Å². The molecule has 1 amide bonds. The summed E-state index contributed by atoms with van der Waals surface area (Å²) in [6.45, 7) is 0. The normalized spacial score (nSPS) is 20.4. The molecule has 0 saturated heterocycles. The van der Waals surface area contributed by atoms with Crippen molar-refractivity contribution in [3.05, 3.63) is 24.3 Å². The van der Waals surface area contributed by atoms with E-state index in [4.69, 9.17) is 0 Å². The van der Waals surface area contributed by atoms with Gasteiger partial charge in [-0.25, -0.2) is 0 Å². The molecule has 3 heteroatoms. The van der Waals surface area contributed by atoms with E-state index in [0.29, 0.717) is 0 Å². The second-order valence-electron chi connectivity index (χ2n) is 6.02. The van der Waals surface area contributed by atoms with E-state index < -0.39 is 0 Å². The predicted molar refractivity (Wildman–Crippen MR) is 85.1 cm³/mol. The third-order valence-corrected chi connectivity index (χ3v) is 5.80. The summed E-state index contributed by atoms with van der Waals surface area (Å²) in [5, 5.41) is 3.86. The van der Waals surface area contributed by atoms with E-state index in [2.05, 4.69) is 17.4 Å². The van der Waals surface area contributed by atoms with Crippen molar-refractivity contribution in [2.24, 2.45) is 5.92 Å². The number of carbonyl (C=O) groups excluding carboxylic acids is 1. The summed E-state index contributed by atoms with van der Waals surface area (Å²) in [5.74, 6) is 0.446. The minimum Gasteiger partial charge on any atom is -0.326 e. The summed E-state index contributed by atoms with van der Waals surface area (Å²) in [5.41, 5.74) is 0.942. The van der Waals surface area contributed by atoms with Crippen LogP contribution < -0.4 is 5.32 Å². The van der Waals surface area contributed by atoms with Gasteiger partial charge in [-0.15, -0.1) is 11.8 Å². The van der Waals surface area contributed by atoms with Crippen LogP contribution in [0.2, 0.25) is 0 Å². The van der Waals surface area contributed by atoms with Gasteiger partial charge in [0.25, 0.3) is 0 Å². The standard InChI is InChI=1S/C17H23NOS/c19-17(13-5-1-2-6-13)18-14-9-11-16(12-10-14)20-15-7-3-4-8-15/h9-13,15H,1-8H2,(H,18,19). The van der Waals surface area contributed by atoms with Crippen molar-refractivity contribution in [1.82, 2.24) is 0 Å². The average molecular weight is 289 g/mol. The number of thioether (sulfide) groups is 1. The van der Waals surface area contributed by atoms with Crippen molar-refractivity contribution in [3.8, 4) is 0 Å². The molecule has 0 spiro atoms. The number of anilines is 1. The van der Waals surface area contributed by atoms with Gasteiger partial charge in [-0.1, -0.05) is 25.7 Å². The van der Waals surface area contributed by atoms with E-state index in [0.717, 1.165) is 23.8 Å². The summed E-state index contributed by atoms with van der Waals surface area (Å²) >= 11 is 1.99. The number of carbonyl (C=O) groups is 1. The molecule has 20 heavy (non-hydrogen) atoms. The lowest BCUT2D eigenvalue weighted by atomic mass is 10.1. The van der Waals surface area contributed by atoms with Crippen LogP contribution in [0, 0.1) is 5.92 Å². The first kappa shape index (κ1) is 14.0. The van der Waals surface area contributed by atoms with Gasteiger partial charge in [-0.05, 0) is 49.9 Å². The van der Waals surface area contributed by atoms with E-state index in [1.54, 1.807) is 0 Å². The molecule has 0 bridgehead atoms. The SMILES string of the molecule is O=C(Nc1ccc(SC2CCCC2)cc1)C1CCCC1. The predicted octanol–water partition coefficient (Wildman–Crippen LogP) is 4.85. The molecule has 0 unspecified atom stereocenters. The van der Waals surface area contributed by atoms with Crippen molar-refractivity contribution in [3.63, 3.8) is 0 Å². The zero-order chi connectivity index (χ0) is 13.8. The van der Waals surface area contributed by atoms with Crippen LogP contribution in [0.3, 0.4) is 0 Å². The van der Waals surface area contributed by atoms with Crippen LogP contribution in [-0.4, -0.2) is 11.2 Å². The average Bonchev–Trinajstić information content (AvgIpc) is 3.13. The molecule has 0 aromatic heterocycles. The highest BCUT2D eigenvalue weighted by Crippen LogP contribution is 2.35. The van der Waals surface area contributed by atoms with Crippen LogP contribution in [0.1, 0.15) is 51.4 Å². The first-order valence-electron chi connectivity index (χ1n) is 7.89. The van der Waals surface area contributed by atoms with Gasteiger partial charge in [0.05, 0.1) is 0 Å². The lowest BCUT2D eigenvalue weighted by Gasteiger charge is -2.12. The lowest BCUT2D eigenvalue weighted by molar-refractivity contribution is -0.119. The zero-order valence-corrected chi connectivity index (χ0v) is 12.8. The van der Waals surface area contributed by atoms with Crippen LogP contribution in [0.25, 0.3) is 0 Å². The largest absolute Gasteiger partial charge is 0.326 e. The minimum atomic E-state index is 0.207. The minimum absolute atomic E-state index is 0.207. The van der Waals surface area contributed by atoms with Crippen LogP contribution in [-0.2, 0) is 4.79 Å². The Bertz CT molecular complexity index is 445. The summed E-state index contributed by atoms with van der Waals surface area (Å²) in [6.07, 6.45) is 9.99. The number of nitrogens with one attached hydrogen (secondary N) is 1. The van der Waals surface area contributed by atoms with E-state index >= 15 is 0 Å². The topological polar surface area (TPSA) is 29.1 Å².